The Morgan fingerprint density at radius 2 is 1.36 bits per heavy atom. The first-order chi connectivity index (χ1) is 17.7. The molecule has 6 rings (SSSR count). The van der Waals surface area contributed by atoms with E-state index in [1.807, 2.05) is 89.5 Å². The first-order valence-electron chi connectivity index (χ1n) is 11.4. The number of carbonyl (C=O) groups excluding carboxylic acids is 2. The van der Waals surface area contributed by atoms with Gasteiger partial charge in [-0.05, 0) is 30.3 Å². The molecule has 0 aliphatic carbocycles. The molecule has 0 radical (unpaired) electrons. The van der Waals surface area contributed by atoms with E-state index in [1.165, 1.54) is 4.57 Å². The van der Waals surface area contributed by atoms with Gasteiger partial charge < -0.3 is 4.74 Å². The van der Waals surface area contributed by atoms with Crippen LogP contribution in [0.25, 0.3) is 44.8 Å². The summed E-state index contributed by atoms with van der Waals surface area (Å²) in [6.07, 6.45) is 0.727. The summed E-state index contributed by atoms with van der Waals surface area (Å²) in [4.78, 5) is 34.2. The number of aromatic nitrogens is 4. The highest BCUT2D eigenvalue weighted by Crippen LogP contribution is 2.26. The fourth-order valence-corrected chi connectivity index (χ4v) is 4.34. The molecule has 6 aromatic rings. The van der Waals surface area contributed by atoms with E-state index in [-0.39, 0.29) is 6.73 Å². The molecular formula is C29H20N4O3. The molecule has 0 aliphatic heterocycles. The van der Waals surface area contributed by atoms with Gasteiger partial charge in [-0.1, -0.05) is 72.8 Å². The summed E-state index contributed by atoms with van der Waals surface area (Å²) in [5.74, 6) is 0.747. The summed E-state index contributed by atoms with van der Waals surface area (Å²) < 4.78 is 9.08. The summed E-state index contributed by atoms with van der Waals surface area (Å²) in [6.45, 7) is -0.000342. The highest BCUT2D eigenvalue weighted by atomic mass is 16.5. The topological polar surface area (TPSA) is 79.0 Å². The highest BCUT2D eigenvalue weighted by molar-refractivity contribution is 5.96. The Kier molecular flexibility index (Phi) is 5.35. The van der Waals surface area contributed by atoms with Crippen LogP contribution in [-0.2, 0) is 16.3 Å². The van der Waals surface area contributed by atoms with Crippen LogP contribution in [0, 0.1) is 0 Å². The normalized spacial score (nSPS) is 11.1. The van der Waals surface area contributed by atoms with Gasteiger partial charge in [0.05, 0.1) is 27.6 Å². The van der Waals surface area contributed by atoms with Crippen molar-refractivity contribution in [3.05, 3.63) is 109 Å². The van der Waals surface area contributed by atoms with Gasteiger partial charge in [-0.2, -0.15) is 0 Å². The Morgan fingerprint density at radius 3 is 2.08 bits per heavy atom. The zero-order valence-electron chi connectivity index (χ0n) is 19.1. The second kappa shape index (κ2) is 8.96. The van der Waals surface area contributed by atoms with Crippen molar-refractivity contribution in [3.63, 3.8) is 0 Å². The third kappa shape index (κ3) is 3.73. The van der Waals surface area contributed by atoms with Crippen molar-refractivity contribution in [1.82, 2.24) is 19.1 Å². The average molecular weight is 473 g/mol. The number of esters is 1. The largest absolute Gasteiger partial charge is 0.440 e. The number of ether oxygens (including phenoxy) is 1. The lowest BCUT2D eigenvalue weighted by Gasteiger charge is -2.10. The maximum Gasteiger partial charge on any atom is 0.339 e. The Morgan fingerprint density at radius 1 is 0.722 bits per heavy atom. The van der Waals surface area contributed by atoms with Crippen molar-refractivity contribution in [3.8, 4) is 22.8 Å². The molecule has 0 spiro atoms. The molecule has 0 bridgehead atoms. The zero-order valence-corrected chi connectivity index (χ0v) is 19.1. The van der Waals surface area contributed by atoms with E-state index < -0.39 is 5.97 Å². The molecule has 2 aromatic heterocycles. The molecule has 2 heterocycles. The molecule has 7 heteroatoms. The molecule has 0 N–H and O–H groups in total. The van der Waals surface area contributed by atoms with Crippen molar-refractivity contribution in [2.45, 2.75) is 6.73 Å². The summed E-state index contributed by atoms with van der Waals surface area (Å²) in [5.41, 5.74) is 4.94. The van der Waals surface area contributed by atoms with E-state index in [2.05, 4.69) is 4.98 Å². The molecule has 0 fully saturated rings. The fraction of sp³-hybridized carbons (Fsp3) is 0.0345. The zero-order chi connectivity index (χ0) is 24.5. The molecular weight excluding hydrogens is 452 g/mol. The van der Waals surface area contributed by atoms with E-state index >= 15 is 0 Å². The van der Waals surface area contributed by atoms with Crippen molar-refractivity contribution in [2.24, 2.45) is 0 Å². The Bertz CT molecular complexity index is 1720. The smallest absolute Gasteiger partial charge is 0.339 e. The number of benzene rings is 4. The van der Waals surface area contributed by atoms with Crippen LogP contribution in [0.3, 0.4) is 0 Å². The minimum atomic E-state index is -0.490. The maximum atomic E-state index is 13.0. The third-order valence-electron chi connectivity index (χ3n) is 6.07. The van der Waals surface area contributed by atoms with E-state index in [0.29, 0.717) is 22.4 Å². The van der Waals surface area contributed by atoms with Crippen LogP contribution in [0.1, 0.15) is 10.4 Å². The Labute approximate surface area is 206 Å². The third-order valence-corrected chi connectivity index (χ3v) is 6.07. The first kappa shape index (κ1) is 21.5. The lowest BCUT2D eigenvalue weighted by Crippen LogP contribution is -2.11. The summed E-state index contributed by atoms with van der Waals surface area (Å²) in [5, 5.41) is 0. The monoisotopic (exact) mass is 472 g/mol. The number of para-hydroxylation sites is 2. The molecule has 0 atom stereocenters. The molecule has 0 saturated heterocycles. The van der Waals surface area contributed by atoms with Gasteiger partial charge >= 0.3 is 5.97 Å². The molecule has 0 saturated carbocycles. The first-order valence-corrected chi connectivity index (χ1v) is 11.4. The van der Waals surface area contributed by atoms with Gasteiger partial charge in [0.15, 0.2) is 6.73 Å². The van der Waals surface area contributed by atoms with Crippen LogP contribution in [0.5, 0.6) is 0 Å². The van der Waals surface area contributed by atoms with Gasteiger partial charge in [0.2, 0.25) is 6.41 Å². The van der Waals surface area contributed by atoms with Crippen LogP contribution in [0.15, 0.2) is 103 Å². The maximum absolute atomic E-state index is 13.0. The lowest BCUT2D eigenvalue weighted by molar-refractivity contribution is 0.0381. The molecule has 0 unspecified atom stereocenters. The summed E-state index contributed by atoms with van der Waals surface area (Å²) in [7, 11) is 0. The predicted octanol–water partition coefficient (Wildman–Crippen LogP) is 5.57. The van der Waals surface area contributed by atoms with Crippen molar-refractivity contribution >= 4 is 34.4 Å². The SMILES string of the molecule is O=Cn1c(-c2ccccc2)nc2cc(C(=O)OCn3c(-c4ccccc4)nc4ccccc43)ccc21. The average Bonchev–Trinajstić information content (AvgIpc) is 3.50. The standard InChI is InChI=1S/C29H20N4O3/c34-18-32-26-16-15-22(17-24(26)31-27(32)20-9-3-1-4-10-20)29(35)36-19-33-25-14-8-7-13-23(25)30-28(33)21-11-5-2-6-12-21/h1-18H,19H2. The summed E-state index contributed by atoms with van der Waals surface area (Å²) >= 11 is 0. The highest BCUT2D eigenvalue weighted by Gasteiger charge is 2.17. The number of fused-ring (bicyclic) bond motifs is 2. The molecule has 0 amide bonds. The summed E-state index contributed by atoms with van der Waals surface area (Å²) in [6, 6.07) is 32.0. The number of hydrogen-bond acceptors (Lipinski definition) is 5. The molecule has 36 heavy (non-hydrogen) atoms. The van der Waals surface area contributed by atoms with Gasteiger partial charge in [-0.25, -0.2) is 14.8 Å². The quantitative estimate of drug-likeness (QED) is 0.234. The number of rotatable bonds is 6. The minimum absolute atomic E-state index is 0.000342. The van der Waals surface area contributed by atoms with Gasteiger partial charge in [-0.15, -0.1) is 0 Å². The van der Waals surface area contributed by atoms with Crippen molar-refractivity contribution < 1.29 is 14.3 Å². The van der Waals surface area contributed by atoms with E-state index in [4.69, 9.17) is 9.72 Å². The van der Waals surface area contributed by atoms with Crippen molar-refractivity contribution in [2.75, 3.05) is 0 Å². The Balaban J connectivity index is 1.32. The fourth-order valence-electron chi connectivity index (χ4n) is 4.34. The van der Waals surface area contributed by atoms with E-state index in [9.17, 15) is 9.59 Å². The molecule has 174 valence electrons. The number of carbonyl (C=O) groups is 2. The van der Waals surface area contributed by atoms with Gasteiger partial charge in [-0.3, -0.25) is 13.9 Å². The molecule has 7 nitrogen and oxygen atoms in total. The minimum Gasteiger partial charge on any atom is -0.440 e. The predicted molar refractivity (Wildman–Crippen MR) is 138 cm³/mol. The van der Waals surface area contributed by atoms with Gasteiger partial charge in [0.25, 0.3) is 0 Å². The Hall–Kier alpha value is -5.04. The molecule has 0 aliphatic rings. The second-order valence-electron chi connectivity index (χ2n) is 8.26. The van der Waals surface area contributed by atoms with Crippen molar-refractivity contribution in [1.29, 1.82) is 0 Å². The van der Waals surface area contributed by atoms with Crippen LogP contribution < -0.4 is 0 Å². The van der Waals surface area contributed by atoms with Crippen LogP contribution in [0.2, 0.25) is 0 Å². The number of nitrogens with zero attached hydrogens (tertiary/aromatic N) is 4. The lowest BCUT2D eigenvalue weighted by atomic mass is 10.2. The number of imidazole rings is 2. The molecule has 4 aromatic carbocycles. The van der Waals surface area contributed by atoms with Gasteiger partial charge in [0, 0.05) is 11.1 Å². The second-order valence-corrected chi connectivity index (χ2v) is 8.26. The van der Waals surface area contributed by atoms with E-state index in [0.717, 1.165) is 34.4 Å². The van der Waals surface area contributed by atoms with Crippen LogP contribution >= 0.6 is 0 Å². The van der Waals surface area contributed by atoms with E-state index in [1.54, 1.807) is 18.2 Å². The van der Waals surface area contributed by atoms with Crippen LogP contribution in [-0.4, -0.2) is 31.5 Å². The van der Waals surface area contributed by atoms with Crippen LogP contribution in [0.4, 0.5) is 0 Å². The number of hydrogen-bond donors (Lipinski definition) is 0. The van der Waals surface area contributed by atoms with Gasteiger partial charge in [0.1, 0.15) is 11.6 Å².